The quantitative estimate of drug-likeness (QED) is 0.843. The molecule has 19 heavy (non-hydrogen) atoms. The van der Waals surface area contributed by atoms with Crippen LogP contribution in [0.4, 0.5) is 11.6 Å². The highest BCUT2D eigenvalue weighted by Gasteiger charge is 2.06. The van der Waals surface area contributed by atoms with Crippen molar-refractivity contribution in [3.8, 4) is 5.75 Å². The van der Waals surface area contributed by atoms with E-state index in [1.54, 1.807) is 7.11 Å². The maximum Gasteiger partial charge on any atom is 0.132 e. The zero-order chi connectivity index (χ0) is 13.8. The Hall–Kier alpha value is -1.50. The highest BCUT2D eigenvalue weighted by molar-refractivity contribution is 14.1. The van der Waals surface area contributed by atoms with Gasteiger partial charge in [-0.25, -0.2) is 4.98 Å². The Morgan fingerprint density at radius 2 is 1.95 bits per heavy atom. The zero-order valence-electron chi connectivity index (χ0n) is 10.9. The standard InChI is InChI=1S/C14H16IN3O/c1-18(14-8-11(15)7-13(16)17-14)9-10-3-5-12(19-2)6-4-10/h3-8H,9H2,1-2H3,(H2,16,17). The van der Waals surface area contributed by atoms with Crippen LogP contribution >= 0.6 is 22.6 Å². The Morgan fingerprint density at radius 1 is 1.26 bits per heavy atom. The predicted octanol–water partition coefficient (Wildman–Crippen LogP) is 2.91. The first-order valence-electron chi connectivity index (χ1n) is 5.85. The van der Waals surface area contributed by atoms with Crippen molar-refractivity contribution in [3.63, 3.8) is 0 Å². The van der Waals surface area contributed by atoms with Crippen molar-refractivity contribution < 1.29 is 4.74 Å². The van der Waals surface area contributed by atoms with Crippen LogP contribution in [0.15, 0.2) is 36.4 Å². The van der Waals surface area contributed by atoms with Gasteiger partial charge in [-0.3, -0.25) is 0 Å². The van der Waals surface area contributed by atoms with Gasteiger partial charge in [0.15, 0.2) is 0 Å². The summed E-state index contributed by atoms with van der Waals surface area (Å²) in [6.07, 6.45) is 0. The summed E-state index contributed by atoms with van der Waals surface area (Å²) in [6.45, 7) is 0.774. The minimum atomic E-state index is 0.545. The third-order valence-electron chi connectivity index (χ3n) is 2.77. The van der Waals surface area contributed by atoms with Crippen LogP contribution < -0.4 is 15.4 Å². The van der Waals surface area contributed by atoms with E-state index in [4.69, 9.17) is 10.5 Å². The zero-order valence-corrected chi connectivity index (χ0v) is 13.1. The summed E-state index contributed by atoms with van der Waals surface area (Å²) in [5.41, 5.74) is 6.97. The van der Waals surface area contributed by atoms with Crippen LogP contribution in [0, 0.1) is 3.57 Å². The van der Waals surface area contributed by atoms with Gasteiger partial charge in [0.25, 0.3) is 0 Å². The minimum Gasteiger partial charge on any atom is -0.497 e. The summed E-state index contributed by atoms with van der Waals surface area (Å²) in [6, 6.07) is 11.9. The summed E-state index contributed by atoms with van der Waals surface area (Å²) in [5.74, 6) is 2.28. The molecule has 0 bridgehead atoms. The number of rotatable bonds is 4. The van der Waals surface area contributed by atoms with Crippen LogP contribution in [0.1, 0.15) is 5.56 Å². The van der Waals surface area contributed by atoms with Crippen molar-refractivity contribution in [2.75, 3.05) is 24.8 Å². The van der Waals surface area contributed by atoms with Crippen molar-refractivity contribution in [3.05, 3.63) is 45.5 Å². The molecule has 0 aliphatic heterocycles. The van der Waals surface area contributed by atoms with Gasteiger partial charge in [0.05, 0.1) is 7.11 Å². The molecule has 1 aromatic heterocycles. The molecule has 0 saturated heterocycles. The van der Waals surface area contributed by atoms with E-state index in [1.807, 2.05) is 43.4 Å². The van der Waals surface area contributed by atoms with Gasteiger partial charge in [-0.05, 0) is 52.4 Å². The van der Waals surface area contributed by atoms with Crippen LogP contribution in [0.25, 0.3) is 0 Å². The smallest absolute Gasteiger partial charge is 0.132 e. The number of nitrogen functional groups attached to an aromatic ring is 1. The number of nitrogens with zero attached hydrogens (tertiary/aromatic N) is 2. The Kier molecular flexibility index (Phi) is 4.47. The largest absolute Gasteiger partial charge is 0.497 e. The average Bonchev–Trinajstić information content (AvgIpc) is 2.38. The monoisotopic (exact) mass is 369 g/mol. The summed E-state index contributed by atoms with van der Waals surface area (Å²) >= 11 is 2.24. The second-order valence-electron chi connectivity index (χ2n) is 4.27. The second-order valence-corrected chi connectivity index (χ2v) is 5.52. The summed E-state index contributed by atoms with van der Waals surface area (Å²) in [5, 5.41) is 0. The lowest BCUT2D eigenvalue weighted by Crippen LogP contribution is -2.18. The molecule has 0 radical (unpaired) electrons. The maximum atomic E-state index is 5.77. The van der Waals surface area contributed by atoms with E-state index in [2.05, 4.69) is 32.5 Å². The number of methoxy groups -OCH3 is 1. The van der Waals surface area contributed by atoms with Crippen molar-refractivity contribution in [2.45, 2.75) is 6.54 Å². The SMILES string of the molecule is COc1ccc(CN(C)c2cc(I)cc(N)n2)cc1. The van der Waals surface area contributed by atoms with Gasteiger partial charge in [0.2, 0.25) is 0 Å². The van der Waals surface area contributed by atoms with Gasteiger partial charge < -0.3 is 15.4 Å². The molecule has 2 aromatic rings. The van der Waals surface area contributed by atoms with Crippen molar-refractivity contribution in [1.29, 1.82) is 0 Å². The van der Waals surface area contributed by atoms with Gasteiger partial charge in [0, 0.05) is 17.2 Å². The molecule has 0 aliphatic rings. The fraction of sp³-hybridized carbons (Fsp3) is 0.214. The number of ether oxygens (including phenoxy) is 1. The lowest BCUT2D eigenvalue weighted by Gasteiger charge is -2.19. The van der Waals surface area contributed by atoms with E-state index in [1.165, 1.54) is 5.56 Å². The van der Waals surface area contributed by atoms with Crippen LogP contribution in [0.2, 0.25) is 0 Å². The molecule has 0 amide bonds. The number of hydrogen-bond donors (Lipinski definition) is 1. The Labute approximate surface area is 126 Å². The Bertz CT molecular complexity index is 537. The van der Waals surface area contributed by atoms with Gasteiger partial charge >= 0.3 is 0 Å². The fourth-order valence-corrected chi connectivity index (χ4v) is 2.38. The van der Waals surface area contributed by atoms with Gasteiger partial charge in [-0.1, -0.05) is 12.1 Å². The molecule has 1 aromatic carbocycles. The van der Waals surface area contributed by atoms with E-state index in [0.29, 0.717) is 5.82 Å². The molecule has 0 atom stereocenters. The van der Waals surface area contributed by atoms with E-state index in [-0.39, 0.29) is 0 Å². The Balaban J connectivity index is 2.13. The molecule has 0 fully saturated rings. The second kappa shape index (κ2) is 6.10. The van der Waals surface area contributed by atoms with Gasteiger partial charge in [0.1, 0.15) is 17.4 Å². The van der Waals surface area contributed by atoms with Crippen LogP contribution in [0.5, 0.6) is 5.75 Å². The molecule has 0 saturated carbocycles. The third kappa shape index (κ3) is 3.73. The molecule has 0 unspecified atom stereocenters. The van der Waals surface area contributed by atoms with E-state index >= 15 is 0 Å². The van der Waals surface area contributed by atoms with Crippen molar-refractivity contribution in [2.24, 2.45) is 0 Å². The maximum absolute atomic E-state index is 5.77. The highest BCUT2D eigenvalue weighted by Crippen LogP contribution is 2.19. The number of halogens is 1. The molecule has 100 valence electrons. The van der Waals surface area contributed by atoms with E-state index in [9.17, 15) is 0 Å². The lowest BCUT2D eigenvalue weighted by atomic mass is 10.2. The summed E-state index contributed by atoms with van der Waals surface area (Å²) < 4.78 is 6.23. The van der Waals surface area contributed by atoms with Gasteiger partial charge in [-0.2, -0.15) is 0 Å². The van der Waals surface area contributed by atoms with Crippen molar-refractivity contribution >= 4 is 34.2 Å². The highest BCUT2D eigenvalue weighted by atomic mass is 127. The molecule has 2 N–H and O–H groups in total. The molecule has 0 aliphatic carbocycles. The number of benzene rings is 1. The molecular formula is C14H16IN3O. The van der Waals surface area contributed by atoms with Crippen LogP contribution in [-0.4, -0.2) is 19.1 Å². The predicted molar refractivity (Wildman–Crippen MR) is 86.5 cm³/mol. The average molecular weight is 369 g/mol. The third-order valence-corrected chi connectivity index (χ3v) is 3.39. The molecule has 0 spiro atoms. The normalized spacial score (nSPS) is 10.3. The summed E-state index contributed by atoms with van der Waals surface area (Å²) in [7, 11) is 3.67. The number of anilines is 2. The van der Waals surface area contributed by atoms with E-state index in [0.717, 1.165) is 21.7 Å². The number of aromatic nitrogens is 1. The number of hydrogen-bond acceptors (Lipinski definition) is 4. The number of pyridine rings is 1. The van der Waals surface area contributed by atoms with E-state index < -0.39 is 0 Å². The first-order valence-corrected chi connectivity index (χ1v) is 6.93. The summed E-state index contributed by atoms with van der Waals surface area (Å²) in [4.78, 5) is 6.41. The molecule has 5 heteroatoms. The molecular weight excluding hydrogens is 353 g/mol. The molecule has 2 rings (SSSR count). The lowest BCUT2D eigenvalue weighted by molar-refractivity contribution is 0.414. The fourth-order valence-electron chi connectivity index (χ4n) is 1.78. The first-order chi connectivity index (χ1) is 9.08. The Morgan fingerprint density at radius 3 is 2.53 bits per heavy atom. The van der Waals surface area contributed by atoms with Crippen LogP contribution in [0.3, 0.4) is 0 Å². The molecule has 1 heterocycles. The topological polar surface area (TPSA) is 51.4 Å². The van der Waals surface area contributed by atoms with Gasteiger partial charge in [-0.15, -0.1) is 0 Å². The van der Waals surface area contributed by atoms with Crippen molar-refractivity contribution in [1.82, 2.24) is 4.98 Å². The minimum absolute atomic E-state index is 0.545. The number of nitrogens with two attached hydrogens (primary N) is 1. The molecule has 4 nitrogen and oxygen atoms in total. The van der Waals surface area contributed by atoms with Crippen LogP contribution in [-0.2, 0) is 6.54 Å². The first kappa shape index (κ1) is 13.9.